The predicted molar refractivity (Wildman–Crippen MR) is 76.9 cm³/mol. The summed E-state index contributed by atoms with van der Waals surface area (Å²) in [6, 6.07) is 5.31. The fourth-order valence-corrected chi connectivity index (χ4v) is 2.24. The van der Waals surface area contributed by atoms with Crippen molar-refractivity contribution in [2.45, 2.75) is 6.92 Å². The highest BCUT2D eigenvalue weighted by atomic mass is 16.2. The summed E-state index contributed by atoms with van der Waals surface area (Å²) in [4.78, 5) is 24.7. The molecule has 0 radical (unpaired) electrons. The molecule has 0 bridgehead atoms. The number of nitrogens with zero attached hydrogens (tertiary/aromatic N) is 6. The van der Waals surface area contributed by atoms with Gasteiger partial charge in [0.25, 0.3) is 5.91 Å². The summed E-state index contributed by atoms with van der Waals surface area (Å²) in [5.41, 5.74) is 1.20. The number of hydrogen-bond donors (Lipinski definition) is 0. The third-order valence-electron chi connectivity index (χ3n) is 3.42. The second-order valence-electron chi connectivity index (χ2n) is 4.89. The summed E-state index contributed by atoms with van der Waals surface area (Å²) in [5.74, 6) is 0.635. The molecule has 21 heavy (non-hydrogen) atoms. The molecule has 3 heterocycles. The minimum Gasteiger partial charge on any atom is -0.337 e. The Morgan fingerprint density at radius 2 is 1.76 bits per heavy atom. The van der Waals surface area contributed by atoms with Crippen LogP contribution in [0.5, 0.6) is 0 Å². The van der Waals surface area contributed by atoms with Gasteiger partial charge in [0, 0.05) is 38.6 Å². The molecule has 2 aromatic rings. The van der Waals surface area contributed by atoms with E-state index >= 15 is 0 Å². The molecule has 0 saturated carbocycles. The van der Waals surface area contributed by atoms with Crippen molar-refractivity contribution in [2.24, 2.45) is 0 Å². The molecule has 1 aliphatic rings. The first-order valence-electron chi connectivity index (χ1n) is 6.85. The maximum atomic E-state index is 12.3. The number of rotatable bonds is 2. The Kier molecular flexibility index (Phi) is 3.72. The van der Waals surface area contributed by atoms with Gasteiger partial charge in [-0.05, 0) is 25.1 Å². The molecule has 0 aliphatic carbocycles. The first kappa shape index (κ1) is 13.4. The second kappa shape index (κ2) is 5.82. The molecule has 3 rings (SSSR count). The first-order chi connectivity index (χ1) is 10.2. The van der Waals surface area contributed by atoms with Crippen molar-refractivity contribution in [1.82, 2.24) is 25.1 Å². The largest absolute Gasteiger partial charge is 0.337 e. The van der Waals surface area contributed by atoms with Crippen LogP contribution < -0.4 is 4.90 Å². The highest BCUT2D eigenvalue weighted by Gasteiger charge is 2.24. The van der Waals surface area contributed by atoms with Crippen LogP contribution in [0.4, 0.5) is 5.95 Å². The summed E-state index contributed by atoms with van der Waals surface area (Å²) in [7, 11) is 0. The van der Waals surface area contributed by atoms with Gasteiger partial charge in [-0.1, -0.05) is 0 Å². The predicted octanol–water partition coefficient (Wildman–Crippen LogP) is 0.537. The quantitative estimate of drug-likeness (QED) is 0.801. The van der Waals surface area contributed by atoms with E-state index in [2.05, 4.69) is 25.1 Å². The number of amides is 1. The van der Waals surface area contributed by atoms with Crippen molar-refractivity contribution in [1.29, 1.82) is 0 Å². The molecule has 0 unspecified atom stereocenters. The van der Waals surface area contributed by atoms with Gasteiger partial charge in [0.15, 0.2) is 5.69 Å². The number of anilines is 1. The topological polar surface area (TPSA) is 75.1 Å². The van der Waals surface area contributed by atoms with Crippen molar-refractivity contribution in [3.05, 3.63) is 42.0 Å². The van der Waals surface area contributed by atoms with Crippen LogP contribution in [0.25, 0.3) is 0 Å². The van der Waals surface area contributed by atoms with Gasteiger partial charge in [0.1, 0.15) is 0 Å². The Labute approximate surface area is 122 Å². The van der Waals surface area contributed by atoms with Crippen molar-refractivity contribution in [3.8, 4) is 0 Å². The molecule has 0 N–H and O–H groups in total. The van der Waals surface area contributed by atoms with E-state index in [0.717, 1.165) is 18.8 Å². The number of hydrogen-bond acceptors (Lipinski definition) is 6. The van der Waals surface area contributed by atoms with Gasteiger partial charge >= 0.3 is 0 Å². The van der Waals surface area contributed by atoms with E-state index in [1.54, 1.807) is 35.5 Å². The zero-order valence-corrected chi connectivity index (χ0v) is 11.8. The fraction of sp³-hybridized carbons (Fsp3) is 0.357. The number of aromatic nitrogens is 4. The molecule has 0 atom stereocenters. The number of carbonyl (C=O) groups is 1. The van der Waals surface area contributed by atoms with Gasteiger partial charge in [-0.15, -0.1) is 5.10 Å². The SMILES string of the molecule is Cc1ccc(C(=O)N2CCN(c3ncccn3)CC2)nn1. The molecule has 7 nitrogen and oxygen atoms in total. The first-order valence-corrected chi connectivity index (χ1v) is 6.85. The monoisotopic (exact) mass is 284 g/mol. The average Bonchev–Trinajstić information content (AvgIpc) is 2.56. The van der Waals surface area contributed by atoms with E-state index in [9.17, 15) is 4.79 Å². The Morgan fingerprint density at radius 3 is 2.38 bits per heavy atom. The Morgan fingerprint density at radius 1 is 1.05 bits per heavy atom. The van der Waals surface area contributed by atoms with E-state index in [4.69, 9.17) is 0 Å². The minimum absolute atomic E-state index is 0.0730. The lowest BCUT2D eigenvalue weighted by Crippen LogP contribution is -2.49. The van der Waals surface area contributed by atoms with E-state index in [1.807, 2.05) is 6.92 Å². The lowest BCUT2D eigenvalue weighted by atomic mass is 10.2. The molecule has 1 aliphatic heterocycles. The zero-order valence-electron chi connectivity index (χ0n) is 11.8. The molecule has 108 valence electrons. The molecule has 1 fully saturated rings. The van der Waals surface area contributed by atoms with Gasteiger partial charge in [0.2, 0.25) is 5.95 Å². The average molecular weight is 284 g/mol. The van der Waals surface area contributed by atoms with E-state index in [0.29, 0.717) is 24.7 Å². The van der Waals surface area contributed by atoms with Crippen molar-refractivity contribution in [2.75, 3.05) is 31.1 Å². The highest BCUT2D eigenvalue weighted by molar-refractivity contribution is 5.92. The normalized spacial score (nSPS) is 15.1. The van der Waals surface area contributed by atoms with Gasteiger partial charge in [-0.25, -0.2) is 9.97 Å². The Balaban J connectivity index is 1.63. The number of aryl methyl sites for hydroxylation is 1. The van der Waals surface area contributed by atoms with Crippen molar-refractivity contribution >= 4 is 11.9 Å². The molecular formula is C14H16N6O. The lowest BCUT2D eigenvalue weighted by molar-refractivity contribution is 0.0739. The minimum atomic E-state index is -0.0730. The maximum absolute atomic E-state index is 12.3. The maximum Gasteiger partial charge on any atom is 0.274 e. The van der Waals surface area contributed by atoms with Crippen molar-refractivity contribution < 1.29 is 4.79 Å². The smallest absolute Gasteiger partial charge is 0.274 e. The van der Waals surface area contributed by atoms with Crippen LogP contribution >= 0.6 is 0 Å². The molecule has 0 aromatic carbocycles. The summed E-state index contributed by atoms with van der Waals surface area (Å²) in [5, 5.41) is 7.88. The van der Waals surface area contributed by atoms with E-state index in [-0.39, 0.29) is 5.91 Å². The van der Waals surface area contributed by atoms with Crippen molar-refractivity contribution in [3.63, 3.8) is 0 Å². The number of carbonyl (C=O) groups excluding carboxylic acids is 1. The lowest BCUT2D eigenvalue weighted by Gasteiger charge is -2.34. The second-order valence-corrected chi connectivity index (χ2v) is 4.89. The van der Waals surface area contributed by atoms with Crippen LogP contribution in [0.3, 0.4) is 0 Å². The standard InChI is InChI=1S/C14H16N6O/c1-11-3-4-12(18-17-11)13(21)19-7-9-20(10-8-19)14-15-5-2-6-16-14/h2-6H,7-10H2,1H3. The molecule has 1 saturated heterocycles. The summed E-state index contributed by atoms with van der Waals surface area (Å²) in [6.07, 6.45) is 3.45. The summed E-state index contributed by atoms with van der Waals surface area (Å²) >= 11 is 0. The van der Waals surface area contributed by atoms with Crippen LogP contribution in [-0.4, -0.2) is 57.2 Å². The Bertz CT molecular complexity index is 607. The van der Waals surface area contributed by atoms with Gasteiger partial charge < -0.3 is 9.80 Å². The van der Waals surface area contributed by atoms with Crippen LogP contribution in [0.2, 0.25) is 0 Å². The summed E-state index contributed by atoms with van der Waals surface area (Å²) < 4.78 is 0. The number of piperazine rings is 1. The molecule has 7 heteroatoms. The molecular weight excluding hydrogens is 268 g/mol. The van der Waals surface area contributed by atoms with Gasteiger partial charge in [-0.2, -0.15) is 5.10 Å². The molecule has 2 aromatic heterocycles. The van der Waals surface area contributed by atoms with Gasteiger partial charge in [0.05, 0.1) is 5.69 Å². The molecule has 0 spiro atoms. The third-order valence-corrected chi connectivity index (χ3v) is 3.42. The third kappa shape index (κ3) is 2.96. The van der Waals surface area contributed by atoms with Gasteiger partial charge in [-0.3, -0.25) is 4.79 Å². The highest BCUT2D eigenvalue weighted by Crippen LogP contribution is 2.11. The zero-order chi connectivity index (χ0) is 14.7. The van der Waals surface area contributed by atoms with E-state index in [1.165, 1.54) is 0 Å². The van der Waals surface area contributed by atoms with Crippen LogP contribution in [0.1, 0.15) is 16.2 Å². The van der Waals surface area contributed by atoms with Crippen LogP contribution in [0.15, 0.2) is 30.6 Å². The van der Waals surface area contributed by atoms with E-state index < -0.39 is 0 Å². The molecule has 1 amide bonds. The Hall–Kier alpha value is -2.57. The van der Waals surface area contributed by atoms with Crippen LogP contribution in [0, 0.1) is 6.92 Å². The fourth-order valence-electron chi connectivity index (χ4n) is 2.24. The van der Waals surface area contributed by atoms with Crippen LogP contribution in [-0.2, 0) is 0 Å². The summed E-state index contributed by atoms with van der Waals surface area (Å²) in [6.45, 7) is 4.54.